The van der Waals surface area contributed by atoms with Crippen LogP contribution >= 0.6 is 0 Å². The summed E-state index contributed by atoms with van der Waals surface area (Å²) in [6.07, 6.45) is 1.68. The van der Waals surface area contributed by atoms with Gasteiger partial charge < -0.3 is 9.53 Å². The van der Waals surface area contributed by atoms with Gasteiger partial charge in [0.1, 0.15) is 12.4 Å². The van der Waals surface area contributed by atoms with Gasteiger partial charge in [0.15, 0.2) is 0 Å². The van der Waals surface area contributed by atoms with Crippen molar-refractivity contribution in [3.63, 3.8) is 0 Å². The first-order valence-electron chi connectivity index (χ1n) is 2.90. The molecule has 0 radical (unpaired) electrons. The maximum absolute atomic E-state index is 10.0. The fraction of sp³-hybridized carbons (Fsp3) is 0.833. The van der Waals surface area contributed by atoms with Gasteiger partial charge in [-0.05, 0) is 12.3 Å². The normalized spacial score (nSPS) is 37.6. The maximum Gasteiger partial charge on any atom is 0.148 e. The highest BCUT2D eigenvalue weighted by atomic mass is 16.5. The van der Waals surface area contributed by atoms with Gasteiger partial charge in [0.05, 0.1) is 6.61 Å². The van der Waals surface area contributed by atoms with Crippen molar-refractivity contribution in [2.45, 2.75) is 19.4 Å². The van der Waals surface area contributed by atoms with Crippen LogP contribution in [0.25, 0.3) is 0 Å². The number of hydrogen-bond donors (Lipinski definition) is 0. The molecule has 0 amide bonds. The minimum absolute atomic E-state index is 0.106. The SMILES string of the molecule is C[C@H]1CO[C@H](C=O)C1. The molecule has 1 aliphatic rings. The molecule has 1 aliphatic heterocycles. The molecule has 0 aromatic carbocycles. The third-order valence-corrected chi connectivity index (χ3v) is 1.38. The molecule has 0 aromatic heterocycles. The van der Waals surface area contributed by atoms with E-state index in [1.807, 2.05) is 0 Å². The van der Waals surface area contributed by atoms with Crippen LogP contribution in [0.1, 0.15) is 13.3 Å². The van der Waals surface area contributed by atoms with Gasteiger partial charge in [-0.15, -0.1) is 0 Å². The van der Waals surface area contributed by atoms with E-state index in [2.05, 4.69) is 6.92 Å². The van der Waals surface area contributed by atoms with E-state index in [1.54, 1.807) is 0 Å². The van der Waals surface area contributed by atoms with Crippen molar-refractivity contribution in [3.05, 3.63) is 0 Å². The Kier molecular flexibility index (Phi) is 1.63. The first kappa shape index (κ1) is 5.76. The summed E-state index contributed by atoms with van der Waals surface area (Å²) < 4.78 is 5.05. The van der Waals surface area contributed by atoms with Crippen LogP contribution in [0.5, 0.6) is 0 Å². The minimum Gasteiger partial charge on any atom is -0.370 e. The van der Waals surface area contributed by atoms with Gasteiger partial charge in [0.2, 0.25) is 0 Å². The standard InChI is InChI=1S/C6H10O2/c1-5-2-6(3-7)8-4-5/h3,5-6H,2,4H2,1H3/t5-,6+/m1/s1. The molecule has 0 bridgehead atoms. The average molecular weight is 114 g/mol. The molecule has 0 aliphatic carbocycles. The summed E-state index contributed by atoms with van der Waals surface area (Å²) in [6.45, 7) is 2.84. The lowest BCUT2D eigenvalue weighted by Gasteiger charge is -1.93. The number of hydrogen-bond acceptors (Lipinski definition) is 2. The summed E-state index contributed by atoms with van der Waals surface area (Å²) in [4.78, 5) is 10.0. The van der Waals surface area contributed by atoms with Crippen LogP contribution in [0, 0.1) is 5.92 Å². The van der Waals surface area contributed by atoms with E-state index < -0.39 is 0 Å². The van der Waals surface area contributed by atoms with Gasteiger partial charge in [-0.25, -0.2) is 0 Å². The third kappa shape index (κ3) is 1.07. The maximum atomic E-state index is 10.0. The minimum atomic E-state index is -0.106. The zero-order chi connectivity index (χ0) is 5.98. The lowest BCUT2D eigenvalue weighted by atomic mass is 10.1. The predicted octanol–water partition coefficient (Wildman–Crippen LogP) is 0.610. The lowest BCUT2D eigenvalue weighted by Crippen LogP contribution is -2.04. The first-order chi connectivity index (χ1) is 3.83. The van der Waals surface area contributed by atoms with Crippen LogP contribution < -0.4 is 0 Å². The quantitative estimate of drug-likeness (QED) is 0.467. The summed E-state index contributed by atoms with van der Waals surface area (Å²) >= 11 is 0. The first-order valence-corrected chi connectivity index (χ1v) is 2.90. The van der Waals surface area contributed by atoms with E-state index in [0.29, 0.717) is 5.92 Å². The highest BCUT2D eigenvalue weighted by Gasteiger charge is 2.20. The van der Waals surface area contributed by atoms with E-state index >= 15 is 0 Å². The lowest BCUT2D eigenvalue weighted by molar-refractivity contribution is -0.115. The Hall–Kier alpha value is -0.370. The molecule has 0 N–H and O–H groups in total. The van der Waals surface area contributed by atoms with Crippen molar-refractivity contribution in [2.24, 2.45) is 5.92 Å². The van der Waals surface area contributed by atoms with Crippen LogP contribution in [-0.2, 0) is 9.53 Å². The third-order valence-electron chi connectivity index (χ3n) is 1.38. The van der Waals surface area contributed by atoms with Crippen LogP contribution in [0.2, 0.25) is 0 Å². The Morgan fingerprint density at radius 1 is 1.75 bits per heavy atom. The Morgan fingerprint density at radius 3 is 2.75 bits per heavy atom. The highest BCUT2D eigenvalue weighted by Crippen LogP contribution is 2.16. The topological polar surface area (TPSA) is 26.3 Å². The van der Waals surface area contributed by atoms with Crippen molar-refractivity contribution in [2.75, 3.05) is 6.61 Å². The molecule has 8 heavy (non-hydrogen) atoms. The molecule has 0 aromatic rings. The van der Waals surface area contributed by atoms with E-state index in [9.17, 15) is 4.79 Å². The summed E-state index contributed by atoms with van der Waals surface area (Å²) in [5.74, 6) is 0.574. The second-order valence-electron chi connectivity index (χ2n) is 2.35. The molecule has 1 fully saturated rings. The molecule has 0 spiro atoms. The summed E-state index contributed by atoms with van der Waals surface area (Å²) in [7, 11) is 0. The Morgan fingerprint density at radius 2 is 2.50 bits per heavy atom. The zero-order valence-electron chi connectivity index (χ0n) is 4.96. The summed E-state index contributed by atoms with van der Waals surface area (Å²) in [6, 6.07) is 0. The van der Waals surface area contributed by atoms with Gasteiger partial charge in [-0.3, -0.25) is 0 Å². The van der Waals surface area contributed by atoms with Gasteiger partial charge >= 0.3 is 0 Å². The number of ether oxygens (including phenoxy) is 1. The summed E-state index contributed by atoms with van der Waals surface area (Å²) in [5, 5.41) is 0. The summed E-state index contributed by atoms with van der Waals surface area (Å²) in [5.41, 5.74) is 0. The van der Waals surface area contributed by atoms with Crippen LogP contribution in [0.3, 0.4) is 0 Å². The zero-order valence-corrected chi connectivity index (χ0v) is 4.96. The molecule has 2 nitrogen and oxygen atoms in total. The molecular weight excluding hydrogens is 104 g/mol. The average Bonchev–Trinajstić information content (AvgIpc) is 2.14. The number of rotatable bonds is 1. The van der Waals surface area contributed by atoms with Crippen LogP contribution in [0.15, 0.2) is 0 Å². The fourth-order valence-corrected chi connectivity index (χ4v) is 0.915. The van der Waals surface area contributed by atoms with E-state index in [0.717, 1.165) is 19.3 Å². The Balaban J connectivity index is 2.32. The van der Waals surface area contributed by atoms with Gasteiger partial charge in [0, 0.05) is 0 Å². The van der Waals surface area contributed by atoms with Gasteiger partial charge in [0.25, 0.3) is 0 Å². The van der Waals surface area contributed by atoms with Crippen LogP contribution in [0.4, 0.5) is 0 Å². The molecule has 0 saturated carbocycles. The number of carbonyl (C=O) groups excluding carboxylic acids is 1. The number of carbonyl (C=O) groups is 1. The molecule has 2 heteroatoms. The largest absolute Gasteiger partial charge is 0.370 e. The Labute approximate surface area is 48.8 Å². The molecular formula is C6H10O2. The molecule has 46 valence electrons. The second-order valence-corrected chi connectivity index (χ2v) is 2.35. The molecule has 2 atom stereocenters. The second kappa shape index (κ2) is 2.27. The van der Waals surface area contributed by atoms with Crippen molar-refractivity contribution in [1.29, 1.82) is 0 Å². The Bertz CT molecular complexity index is 90.5. The van der Waals surface area contributed by atoms with Gasteiger partial charge in [-0.1, -0.05) is 6.92 Å². The monoisotopic (exact) mass is 114 g/mol. The number of aldehydes is 1. The molecule has 1 saturated heterocycles. The van der Waals surface area contributed by atoms with E-state index in [-0.39, 0.29) is 6.10 Å². The van der Waals surface area contributed by atoms with E-state index in [4.69, 9.17) is 4.74 Å². The van der Waals surface area contributed by atoms with Crippen molar-refractivity contribution < 1.29 is 9.53 Å². The smallest absolute Gasteiger partial charge is 0.148 e. The van der Waals surface area contributed by atoms with Crippen molar-refractivity contribution in [1.82, 2.24) is 0 Å². The predicted molar refractivity (Wildman–Crippen MR) is 29.6 cm³/mol. The molecule has 1 rings (SSSR count). The fourth-order valence-electron chi connectivity index (χ4n) is 0.915. The molecule has 0 unspecified atom stereocenters. The molecule has 1 heterocycles. The van der Waals surface area contributed by atoms with Crippen molar-refractivity contribution in [3.8, 4) is 0 Å². The van der Waals surface area contributed by atoms with Gasteiger partial charge in [-0.2, -0.15) is 0 Å². The van der Waals surface area contributed by atoms with Crippen LogP contribution in [-0.4, -0.2) is 19.0 Å². The van der Waals surface area contributed by atoms with E-state index in [1.165, 1.54) is 0 Å². The van der Waals surface area contributed by atoms with Crippen molar-refractivity contribution >= 4 is 6.29 Å². The highest BCUT2D eigenvalue weighted by molar-refractivity contribution is 5.56.